The Kier molecular flexibility index (Phi) is 7.31. The van der Waals surface area contributed by atoms with E-state index in [1.54, 1.807) is 36.2 Å². The second-order valence-electron chi connectivity index (χ2n) is 7.02. The Morgan fingerprint density at radius 1 is 1.03 bits per heavy atom. The molecule has 3 aromatic rings. The molecule has 0 fully saturated rings. The zero-order chi connectivity index (χ0) is 21.5. The van der Waals surface area contributed by atoms with E-state index < -0.39 is 0 Å². The lowest BCUT2D eigenvalue weighted by atomic mass is 10.0. The van der Waals surface area contributed by atoms with E-state index in [1.165, 1.54) is 0 Å². The monoisotopic (exact) mass is 424 g/mol. The minimum Gasteiger partial charge on any atom is -0.493 e. The Morgan fingerprint density at radius 3 is 2.53 bits per heavy atom. The van der Waals surface area contributed by atoms with Crippen LogP contribution in [-0.4, -0.2) is 36.9 Å². The van der Waals surface area contributed by atoms with E-state index in [-0.39, 0.29) is 18.4 Å². The van der Waals surface area contributed by atoms with Gasteiger partial charge in [0.05, 0.1) is 23.7 Å². The van der Waals surface area contributed by atoms with E-state index in [0.717, 1.165) is 28.5 Å². The Bertz CT molecular complexity index is 1050. The fourth-order valence-corrected chi connectivity index (χ4v) is 3.40. The molecule has 30 heavy (non-hydrogen) atoms. The topological polar surface area (TPSA) is 58.6 Å². The first-order valence-corrected chi connectivity index (χ1v) is 10.3. The van der Waals surface area contributed by atoms with Crippen LogP contribution in [-0.2, 0) is 11.3 Å². The number of benzene rings is 3. The number of carbonyl (C=O) groups is 2. The molecule has 6 heteroatoms. The molecule has 0 aliphatic rings. The first kappa shape index (κ1) is 21.7. The number of amides is 2. The van der Waals surface area contributed by atoms with E-state index in [9.17, 15) is 9.59 Å². The fourth-order valence-electron chi connectivity index (χ4n) is 3.18. The largest absolute Gasteiger partial charge is 0.493 e. The molecule has 156 valence electrons. The van der Waals surface area contributed by atoms with Gasteiger partial charge in [-0.2, -0.15) is 0 Å². The number of likely N-dealkylation sites (N-methyl/N-ethyl adjacent to an activating group) is 1. The van der Waals surface area contributed by atoms with Crippen LogP contribution in [0.1, 0.15) is 29.3 Å². The van der Waals surface area contributed by atoms with Crippen molar-refractivity contribution in [3.63, 3.8) is 0 Å². The van der Waals surface area contributed by atoms with Gasteiger partial charge in [0.15, 0.2) is 0 Å². The molecule has 0 heterocycles. The van der Waals surface area contributed by atoms with Crippen molar-refractivity contribution in [2.75, 3.05) is 20.2 Å². The van der Waals surface area contributed by atoms with Crippen molar-refractivity contribution < 1.29 is 14.3 Å². The van der Waals surface area contributed by atoms with Crippen molar-refractivity contribution in [3.05, 3.63) is 76.8 Å². The van der Waals surface area contributed by atoms with E-state index in [0.29, 0.717) is 23.7 Å². The summed E-state index contributed by atoms with van der Waals surface area (Å²) in [5.41, 5.74) is 1.30. The minimum atomic E-state index is -0.375. The molecular weight excluding hydrogens is 400 g/mol. The molecule has 0 bridgehead atoms. The van der Waals surface area contributed by atoms with Gasteiger partial charge in [0, 0.05) is 19.2 Å². The van der Waals surface area contributed by atoms with Gasteiger partial charge in [0.2, 0.25) is 5.91 Å². The highest BCUT2D eigenvalue weighted by atomic mass is 35.5. The van der Waals surface area contributed by atoms with Gasteiger partial charge in [-0.05, 0) is 35.4 Å². The molecule has 0 atom stereocenters. The molecule has 1 N–H and O–H groups in total. The van der Waals surface area contributed by atoms with Crippen molar-refractivity contribution >= 4 is 34.2 Å². The maximum Gasteiger partial charge on any atom is 0.253 e. The van der Waals surface area contributed by atoms with Crippen LogP contribution < -0.4 is 10.1 Å². The lowest BCUT2D eigenvalue weighted by Gasteiger charge is -2.21. The van der Waals surface area contributed by atoms with Crippen molar-refractivity contribution in [2.45, 2.75) is 19.9 Å². The highest BCUT2D eigenvalue weighted by Gasteiger charge is 2.17. The third-order valence-electron chi connectivity index (χ3n) is 4.80. The van der Waals surface area contributed by atoms with Crippen LogP contribution in [0.15, 0.2) is 60.7 Å². The molecule has 5 nitrogen and oxygen atoms in total. The lowest BCUT2D eigenvalue weighted by molar-refractivity contribution is -0.129. The van der Waals surface area contributed by atoms with Gasteiger partial charge >= 0.3 is 0 Å². The van der Waals surface area contributed by atoms with E-state index >= 15 is 0 Å². The van der Waals surface area contributed by atoms with Gasteiger partial charge in [-0.1, -0.05) is 61.0 Å². The molecule has 0 aromatic heterocycles. The normalized spacial score (nSPS) is 10.6. The highest BCUT2D eigenvalue weighted by Crippen LogP contribution is 2.29. The number of hydrogen-bond donors (Lipinski definition) is 1. The van der Waals surface area contributed by atoms with Gasteiger partial charge in [-0.25, -0.2) is 0 Å². The number of nitrogens with one attached hydrogen (secondary N) is 1. The Balaban J connectivity index is 1.72. The first-order chi connectivity index (χ1) is 14.5. The average molecular weight is 425 g/mol. The second kappa shape index (κ2) is 10.1. The van der Waals surface area contributed by atoms with Crippen LogP contribution in [0.25, 0.3) is 10.8 Å². The third-order valence-corrected chi connectivity index (χ3v) is 5.13. The molecule has 0 saturated heterocycles. The SMILES string of the molecule is CCCOc1ccc2ccccc2c1CN(C)C(=O)CNC(=O)c1ccccc1Cl. The summed E-state index contributed by atoms with van der Waals surface area (Å²) < 4.78 is 5.92. The van der Waals surface area contributed by atoms with Gasteiger partial charge in [-0.3, -0.25) is 9.59 Å². The second-order valence-corrected chi connectivity index (χ2v) is 7.43. The van der Waals surface area contributed by atoms with Gasteiger partial charge in [-0.15, -0.1) is 0 Å². The number of rotatable bonds is 8. The number of carbonyl (C=O) groups excluding carboxylic acids is 2. The number of hydrogen-bond acceptors (Lipinski definition) is 3. The summed E-state index contributed by atoms with van der Waals surface area (Å²) in [6.45, 7) is 2.92. The summed E-state index contributed by atoms with van der Waals surface area (Å²) >= 11 is 6.05. The summed E-state index contributed by atoms with van der Waals surface area (Å²) in [6.07, 6.45) is 0.898. The Morgan fingerprint density at radius 2 is 1.77 bits per heavy atom. The van der Waals surface area contributed by atoms with Crippen LogP contribution in [0.3, 0.4) is 0 Å². The number of halogens is 1. The Labute approximate surface area is 181 Å². The number of ether oxygens (including phenoxy) is 1. The molecule has 3 aromatic carbocycles. The smallest absolute Gasteiger partial charge is 0.253 e. The molecular formula is C24H25ClN2O3. The van der Waals surface area contributed by atoms with E-state index in [4.69, 9.17) is 16.3 Å². The predicted octanol–water partition coefficient (Wildman–Crippen LogP) is 4.67. The summed E-state index contributed by atoms with van der Waals surface area (Å²) in [6, 6.07) is 18.7. The number of nitrogens with zero attached hydrogens (tertiary/aromatic N) is 1. The molecule has 0 radical (unpaired) electrons. The molecule has 0 aliphatic carbocycles. The summed E-state index contributed by atoms with van der Waals surface area (Å²) in [5, 5.41) is 5.13. The minimum absolute atomic E-state index is 0.115. The molecule has 0 saturated carbocycles. The maximum absolute atomic E-state index is 12.7. The molecule has 3 rings (SSSR count). The van der Waals surface area contributed by atoms with Gasteiger partial charge < -0.3 is 15.0 Å². The predicted molar refractivity (Wildman–Crippen MR) is 120 cm³/mol. The van der Waals surface area contributed by atoms with Crippen molar-refractivity contribution in [3.8, 4) is 5.75 Å². The average Bonchev–Trinajstić information content (AvgIpc) is 2.76. The molecule has 0 unspecified atom stereocenters. The molecule has 0 aliphatic heterocycles. The summed E-state index contributed by atoms with van der Waals surface area (Å²) in [5.74, 6) is 0.194. The van der Waals surface area contributed by atoms with Crippen molar-refractivity contribution in [1.29, 1.82) is 0 Å². The van der Waals surface area contributed by atoms with Gasteiger partial charge in [0.1, 0.15) is 5.75 Å². The highest BCUT2D eigenvalue weighted by molar-refractivity contribution is 6.33. The quantitative estimate of drug-likeness (QED) is 0.571. The van der Waals surface area contributed by atoms with Crippen LogP contribution in [0.2, 0.25) is 5.02 Å². The van der Waals surface area contributed by atoms with E-state index in [2.05, 4.69) is 12.2 Å². The van der Waals surface area contributed by atoms with Gasteiger partial charge in [0.25, 0.3) is 5.91 Å². The maximum atomic E-state index is 12.7. The zero-order valence-corrected chi connectivity index (χ0v) is 17.9. The molecule has 0 spiro atoms. The van der Waals surface area contributed by atoms with Crippen LogP contribution in [0.4, 0.5) is 0 Å². The van der Waals surface area contributed by atoms with Crippen molar-refractivity contribution in [1.82, 2.24) is 10.2 Å². The van der Waals surface area contributed by atoms with E-state index in [1.807, 2.05) is 36.4 Å². The first-order valence-electron chi connectivity index (χ1n) is 9.91. The Hall–Kier alpha value is -3.05. The number of fused-ring (bicyclic) bond motifs is 1. The molecule has 2 amide bonds. The van der Waals surface area contributed by atoms with Crippen molar-refractivity contribution in [2.24, 2.45) is 0 Å². The fraction of sp³-hybridized carbons (Fsp3) is 0.250. The van der Waals surface area contributed by atoms with Crippen LogP contribution in [0, 0.1) is 0 Å². The van der Waals surface area contributed by atoms with Crippen LogP contribution in [0.5, 0.6) is 5.75 Å². The summed E-state index contributed by atoms with van der Waals surface area (Å²) in [4.78, 5) is 26.6. The standard InChI is InChI=1S/C24H25ClN2O3/c1-3-14-30-22-13-12-17-8-4-5-9-18(17)20(22)16-27(2)23(28)15-26-24(29)19-10-6-7-11-21(19)25/h4-13H,3,14-16H2,1-2H3,(H,26,29). The zero-order valence-electron chi connectivity index (χ0n) is 17.2. The lowest BCUT2D eigenvalue weighted by Crippen LogP contribution is -2.38. The third kappa shape index (κ3) is 5.10. The summed E-state index contributed by atoms with van der Waals surface area (Å²) in [7, 11) is 1.72. The van der Waals surface area contributed by atoms with Crippen LogP contribution >= 0.6 is 11.6 Å².